The molecule has 3 aromatic rings. The SMILES string of the molecule is O=C(COc1ccccc1Cl)Nc1nc(-c2cccc([N+](=O)[O-])c2)cs1. The van der Waals surface area contributed by atoms with Gasteiger partial charge in [0.05, 0.1) is 15.6 Å². The van der Waals surface area contributed by atoms with Crippen LogP contribution in [0, 0.1) is 10.1 Å². The van der Waals surface area contributed by atoms with E-state index in [1.807, 2.05) is 0 Å². The minimum absolute atomic E-state index is 0.0192. The van der Waals surface area contributed by atoms with Crippen LogP contribution in [0.2, 0.25) is 5.02 Å². The van der Waals surface area contributed by atoms with Crippen LogP contribution in [0.1, 0.15) is 0 Å². The van der Waals surface area contributed by atoms with E-state index in [2.05, 4.69) is 10.3 Å². The van der Waals surface area contributed by atoms with Crippen molar-refractivity contribution in [2.45, 2.75) is 0 Å². The number of amides is 1. The van der Waals surface area contributed by atoms with Gasteiger partial charge in [-0.1, -0.05) is 35.9 Å². The number of nitro benzene ring substituents is 1. The normalized spacial score (nSPS) is 10.3. The summed E-state index contributed by atoms with van der Waals surface area (Å²) in [5, 5.41) is 16.0. The number of carbonyl (C=O) groups excluding carboxylic acids is 1. The van der Waals surface area contributed by atoms with Gasteiger partial charge in [-0.05, 0) is 12.1 Å². The lowest BCUT2D eigenvalue weighted by atomic mass is 10.1. The number of non-ortho nitro benzene ring substituents is 1. The van der Waals surface area contributed by atoms with Crippen molar-refractivity contribution in [3.8, 4) is 17.0 Å². The highest BCUT2D eigenvalue weighted by Crippen LogP contribution is 2.27. The monoisotopic (exact) mass is 389 g/mol. The Balaban J connectivity index is 1.63. The molecular weight excluding hydrogens is 378 g/mol. The van der Waals surface area contributed by atoms with E-state index in [0.29, 0.717) is 27.2 Å². The quantitative estimate of drug-likeness (QED) is 0.498. The fourth-order valence-corrected chi connectivity index (χ4v) is 3.03. The molecular formula is C17H12ClN3O4S. The number of hydrogen-bond acceptors (Lipinski definition) is 6. The first-order valence-corrected chi connectivity index (χ1v) is 8.66. The van der Waals surface area contributed by atoms with Crippen LogP contribution in [-0.2, 0) is 4.79 Å². The number of carbonyl (C=O) groups is 1. The summed E-state index contributed by atoms with van der Waals surface area (Å²) in [6, 6.07) is 13.0. The molecule has 0 saturated heterocycles. The van der Waals surface area contributed by atoms with Gasteiger partial charge < -0.3 is 4.74 Å². The second-order valence-corrected chi connectivity index (χ2v) is 6.38. The van der Waals surface area contributed by atoms with Crippen molar-refractivity contribution in [3.05, 3.63) is 69.0 Å². The first-order chi connectivity index (χ1) is 12.5. The molecule has 0 spiro atoms. The average molecular weight is 390 g/mol. The van der Waals surface area contributed by atoms with E-state index in [-0.39, 0.29) is 18.2 Å². The Labute approximate surface area is 157 Å². The van der Waals surface area contributed by atoms with Gasteiger partial charge in [-0.3, -0.25) is 20.2 Å². The summed E-state index contributed by atoms with van der Waals surface area (Å²) in [4.78, 5) is 26.6. The summed E-state index contributed by atoms with van der Waals surface area (Å²) >= 11 is 7.18. The van der Waals surface area contributed by atoms with Gasteiger partial charge in [-0.25, -0.2) is 4.98 Å². The molecule has 3 rings (SSSR count). The van der Waals surface area contributed by atoms with Crippen LogP contribution in [0.15, 0.2) is 53.9 Å². The molecule has 1 aromatic heterocycles. The molecule has 1 heterocycles. The molecule has 0 aliphatic rings. The summed E-state index contributed by atoms with van der Waals surface area (Å²) in [6.45, 7) is -0.213. The van der Waals surface area contributed by atoms with E-state index in [9.17, 15) is 14.9 Å². The number of para-hydroxylation sites is 1. The van der Waals surface area contributed by atoms with Crippen molar-refractivity contribution in [1.82, 2.24) is 4.98 Å². The number of rotatable bonds is 6. The number of nitro groups is 1. The molecule has 26 heavy (non-hydrogen) atoms. The number of aromatic nitrogens is 1. The van der Waals surface area contributed by atoms with Crippen molar-refractivity contribution in [2.24, 2.45) is 0 Å². The van der Waals surface area contributed by atoms with Gasteiger partial charge in [-0.2, -0.15) is 0 Å². The molecule has 132 valence electrons. The number of nitrogens with one attached hydrogen (secondary N) is 1. The summed E-state index contributed by atoms with van der Waals surface area (Å²) < 4.78 is 5.36. The molecule has 0 aliphatic carbocycles. The Kier molecular flexibility index (Phi) is 5.45. The lowest BCUT2D eigenvalue weighted by Gasteiger charge is -2.07. The minimum Gasteiger partial charge on any atom is -0.482 e. The molecule has 0 saturated carbocycles. The lowest BCUT2D eigenvalue weighted by Crippen LogP contribution is -2.20. The van der Waals surface area contributed by atoms with Gasteiger partial charge in [0.25, 0.3) is 11.6 Å². The third-order valence-electron chi connectivity index (χ3n) is 3.30. The third kappa shape index (κ3) is 4.35. The van der Waals surface area contributed by atoms with Crippen LogP contribution in [0.25, 0.3) is 11.3 Å². The largest absolute Gasteiger partial charge is 0.482 e. The van der Waals surface area contributed by atoms with Gasteiger partial charge >= 0.3 is 0 Å². The van der Waals surface area contributed by atoms with Crippen LogP contribution < -0.4 is 10.1 Å². The molecule has 0 unspecified atom stereocenters. The first-order valence-electron chi connectivity index (χ1n) is 7.40. The van der Waals surface area contributed by atoms with E-state index in [1.54, 1.807) is 41.8 Å². The Bertz CT molecular complexity index is 960. The zero-order valence-electron chi connectivity index (χ0n) is 13.2. The minimum atomic E-state index is -0.468. The van der Waals surface area contributed by atoms with Crippen molar-refractivity contribution < 1.29 is 14.5 Å². The van der Waals surface area contributed by atoms with Crippen LogP contribution in [0.3, 0.4) is 0 Å². The maximum absolute atomic E-state index is 12.0. The average Bonchev–Trinajstić information content (AvgIpc) is 3.09. The highest BCUT2D eigenvalue weighted by Gasteiger charge is 2.12. The number of ether oxygens (including phenoxy) is 1. The van der Waals surface area contributed by atoms with Gasteiger partial charge in [0.1, 0.15) is 5.75 Å². The van der Waals surface area contributed by atoms with Crippen LogP contribution in [-0.4, -0.2) is 22.4 Å². The Morgan fingerprint density at radius 2 is 2.08 bits per heavy atom. The second-order valence-electron chi connectivity index (χ2n) is 5.11. The molecule has 1 amide bonds. The number of hydrogen-bond donors (Lipinski definition) is 1. The van der Waals surface area contributed by atoms with Crippen LogP contribution >= 0.6 is 22.9 Å². The summed E-state index contributed by atoms with van der Waals surface area (Å²) in [6.07, 6.45) is 0. The fraction of sp³-hybridized carbons (Fsp3) is 0.0588. The highest BCUT2D eigenvalue weighted by molar-refractivity contribution is 7.14. The van der Waals surface area contributed by atoms with E-state index >= 15 is 0 Å². The maximum Gasteiger partial charge on any atom is 0.270 e. The fourth-order valence-electron chi connectivity index (χ4n) is 2.10. The van der Waals surface area contributed by atoms with E-state index < -0.39 is 4.92 Å². The Morgan fingerprint density at radius 1 is 1.27 bits per heavy atom. The number of benzene rings is 2. The second kappa shape index (κ2) is 7.94. The zero-order valence-corrected chi connectivity index (χ0v) is 14.8. The highest BCUT2D eigenvalue weighted by atomic mass is 35.5. The maximum atomic E-state index is 12.0. The van der Waals surface area contributed by atoms with Gasteiger partial charge in [-0.15, -0.1) is 11.3 Å². The number of thiazole rings is 1. The van der Waals surface area contributed by atoms with Crippen molar-refractivity contribution in [3.63, 3.8) is 0 Å². The van der Waals surface area contributed by atoms with Crippen molar-refractivity contribution in [1.29, 1.82) is 0 Å². The zero-order chi connectivity index (χ0) is 18.5. The number of halogens is 1. The van der Waals surface area contributed by atoms with Gasteiger partial charge in [0.2, 0.25) is 0 Å². The molecule has 0 aliphatic heterocycles. The Morgan fingerprint density at radius 3 is 2.85 bits per heavy atom. The van der Waals surface area contributed by atoms with Crippen molar-refractivity contribution >= 4 is 39.7 Å². The molecule has 0 radical (unpaired) electrons. The molecule has 7 nitrogen and oxygen atoms in total. The number of anilines is 1. The van der Waals surface area contributed by atoms with Crippen LogP contribution in [0.4, 0.5) is 10.8 Å². The summed E-state index contributed by atoms with van der Waals surface area (Å²) in [5.41, 5.74) is 1.12. The predicted octanol–water partition coefficient (Wildman–Crippen LogP) is 4.39. The molecule has 0 bridgehead atoms. The van der Waals surface area contributed by atoms with Gasteiger partial charge in [0, 0.05) is 23.1 Å². The standard InChI is InChI=1S/C17H12ClN3O4S/c18-13-6-1-2-7-15(13)25-9-16(22)20-17-19-14(10-26-17)11-4-3-5-12(8-11)21(23)24/h1-8,10H,9H2,(H,19,20,22). The van der Waals surface area contributed by atoms with Crippen LogP contribution in [0.5, 0.6) is 5.75 Å². The molecule has 0 fully saturated rings. The first kappa shape index (κ1) is 17.8. The van der Waals surface area contributed by atoms with E-state index in [1.165, 1.54) is 23.5 Å². The predicted molar refractivity (Wildman–Crippen MR) is 99.8 cm³/mol. The Hall–Kier alpha value is -2.97. The summed E-state index contributed by atoms with van der Waals surface area (Å²) in [7, 11) is 0. The third-order valence-corrected chi connectivity index (χ3v) is 4.37. The van der Waals surface area contributed by atoms with Crippen molar-refractivity contribution in [2.75, 3.05) is 11.9 Å². The molecule has 0 atom stereocenters. The van der Waals surface area contributed by atoms with E-state index in [4.69, 9.17) is 16.3 Å². The van der Waals surface area contributed by atoms with Gasteiger partial charge in [0.15, 0.2) is 11.7 Å². The lowest BCUT2D eigenvalue weighted by molar-refractivity contribution is -0.384. The molecule has 2 aromatic carbocycles. The number of nitrogens with zero attached hydrogens (tertiary/aromatic N) is 2. The molecule has 9 heteroatoms. The smallest absolute Gasteiger partial charge is 0.270 e. The molecule has 1 N–H and O–H groups in total. The summed E-state index contributed by atoms with van der Waals surface area (Å²) in [5.74, 6) is 0.0330. The van der Waals surface area contributed by atoms with E-state index in [0.717, 1.165) is 0 Å². The topological polar surface area (TPSA) is 94.4 Å².